The van der Waals surface area contributed by atoms with E-state index in [0.29, 0.717) is 6.04 Å². The van der Waals surface area contributed by atoms with Crippen molar-refractivity contribution in [2.24, 2.45) is 0 Å². The maximum atomic E-state index is 5.32. The number of hydrogen-bond donors (Lipinski definition) is 1. The topological polar surface area (TPSA) is 34.2 Å². The van der Waals surface area contributed by atoms with Crippen LogP contribution in [0.5, 0.6) is 0 Å². The molecule has 0 atom stereocenters. The number of ether oxygens (including phenoxy) is 1. The van der Waals surface area contributed by atoms with Gasteiger partial charge in [0.25, 0.3) is 0 Å². The van der Waals surface area contributed by atoms with Crippen molar-refractivity contribution in [3.8, 4) is 0 Å². The third-order valence-corrected chi connectivity index (χ3v) is 3.65. The molecule has 82 valence electrons. The zero-order valence-corrected chi connectivity index (χ0v) is 10.4. The van der Waals surface area contributed by atoms with E-state index in [-0.39, 0.29) is 0 Å². The van der Waals surface area contributed by atoms with Crippen LogP contribution in [0.1, 0.15) is 18.4 Å². The molecular weight excluding hydrogens is 256 g/mol. The second-order valence-corrected chi connectivity index (χ2v) is 4.61. The van der Waals surface area contributed by atoms with Crippen LogP contribution in [0.2, 0.25) is 0 Å². The number of pyridine rings is 1. The zero-order chi connectivity index (χ0) is 10.7. The number of aryl methyl sites for hydroxylation is 1. The second-order valence-electron chi connectivity index (χ2n) is 3.82. The van der Waals surface area contributed by atoms with E-state index in [9.17, 15) is 0 Å². The molecule has 1 aromatic rings. The van der Waals surface area contributed by atoms with Gasteiger partial charge in [-0.25, -0.2) is 4.98 Å². The Bertz CT molecular complexity index is 337. The van der Waals surface area contributed by atoms with Crippen molar-refractivity contribution in [2.45, 2.75) is 25.8 Å². The molecule has 4 heteroatoms. The summed E-state index contributed by atoms with van der Waals surface area (Å²) in [7, 11) is 0. The van der Waals surface area contributed by atoms with Gasteiger partial charge in [-0.3, -0.25) is 0 Å². The number of hydrogen-bond acceptors (Lipinski definition) is 3. The Morgan fingerprint density at radius 1 is 1.47 bits per heavy atom. The first kappa shape index (κ1) is 10.9. The predicted molar refractivity (Wildman–Crippen MR) is 64.1 cm³/mol. The standard InChI is InChI=1S/C11H15BrN2O/c1-8-2-5-13-11(10(8)12)14-9-3-6-15-7-4-9/h2,5,9H,3-4,6-7H2,1H3,(H,13,14). The molecule has 0 amide bonds. The summed E-state index contributed by atoms with van der Waals surface area (Å²) >= 11 is 3.55. The number of nitrogens with zero attached hydrogens (tertiary/aromatic N) is 1. The fraction of sp³-hybridized carbons (Fsp3) is 0.545. The van der Waals surface area contributed by atoms with Gasteiger partial charge in [0.2, 0.25) is 0 Å². The van der Waals surface area contributed by atoms with E-state index in [1.807, 2.05) is 12.3 Å². The van der Waals surface area contributed by atoms with E-state index in [4.69, 9.17) is 4.74 Å². The fourth-order valence-corrected chi connectivity index (χ4v) is 2.03. The van der Waals surface area contributed by atoms with E-state index < -0.39 is 0 Å². The number of anilines is 1. The molecule has 2 heterocycles. The van der Waals surface area contributed by atoms with Crippen molar-refractivity contribution in [2.75, 3.05) is 18.5 Å². The Morgan fingerprint density at radius 3 is 2.93 bits per heavy atom. The first-order valence-electron chi connectivity index (χ1n) is 5.23. The lowest BCUT2D eigenvalue weighted by Gasteiger charge is -2.24. The number of halogens is 1. The van der Waals surface area contributed by atoms with Crippen molar-refractivity contribution >= 4 is 21.7 Å². The lowest BCUT2D eigenvalue weighted by Crippen LogP contribution is -2.28. The zero-order valence-electron chi connectivity index (χ0n) is 8.79. The Labute approximate surface area is 98.4 Å². The molecule has 15 heavy (non-hydrogen) atoms. The Balaban J connectivity index is 2.06. The Hall–Kier alpha value is -0.610. The van der Waals surface area contributed by atoms with Gasteiger partial charge in [-0.2, -0.15) is 0 Å². The molecule has 1 saturated heterocycles. The van der Waals surface area contributed by atoms with Crippen LogP contribution in [0.3, 0.4) is 0 Å². The molecule has 1 aliphatic rings. The van der Waals surface area contributed by atoms with Crippen LogP contribution >= 0.6 is 15.9 Å². The average molecular weight is 271 g/mol. The minimum Gasteiger partial charge on any atom is -0.381 e. The number of aromatic nitrogens is 1. The monoisotopic (exact) mass is 270 g/mol. The lowest BCUT2D eigenvalue weighted by molar-refractivity contribution is 0.0904. The molecule has 1 fully saturated rings. The average Bonchev–Trinajstić information content (AvgIpc) is 2.26. The van der Waals surface area contributed by atoms with Crippen LogP contribution in [-0.4, -0.2) is 24.2 Å². The van der Waals surface area contributed by atoms with Gasteiger partial charge < -0.3 is 10.1 Å². The summed E-state index contributed by atoms with van der Waals surface area (Å²) in [6.45, 7) is 3.77. The molecule has 0 aromatic carbocycles. The van der Waals surface area contributed by atoms with Gasteiger partial charge in [-0.15, -0.1) is 0 Å². The number of rotatable bonds is 2. The van der Waals surface area contributed by atoms with Crippen LogP contribution < -0.4 is 5.32 Å². The van der Waals surface area contributed by atoms with Crippen molar-refractivity contribution in [3.05, 3.63) is 22.3 Å². The molecule has 0 saturated carbocycles. The molecule has 0 radical (unpaired) electrons. The van der Waals surface area contributed by atoms with E-state index in [1.54, 1.807) is 0 Å². The summed E-state index contributed by atoms with van der Waals surface area (Å²) in [6.07, 6.45) is 3.95. The maximum Gasteiger partial charge on any atom is 0.140 e. The van der Waals surface area contributed by atoms with E-state index >= 15 is 0 Å². The SMILES string of the molecule is Cc1ccnc(NC2CCOCC2)c1Br. The smallest absolute Gasteiger partial charge is 0.140 e. The summed E-state index contributed by atoms with van der Waals surface area (Å²) < 4.78 is 6.39. The van der Waals surface area contributed by atoms with Gasteiger partial charge in [-0.1, -0.05) is 0 Å². The summed E-state index contributed by atoms with van der Waals surface area (Å²) in [4.78, 5) is 4.33. The molecular formula is C11H15BrN2O. The van der Waals surface area contributed by atoms with E-state index in [2.05, 4.69) is 33.2 Å². The number of nitrogens with one attached hydrogen (secondary N) is 1. The molecule has 1 aromatic heterocycles. The largest absolute Gasteiger partial charge is 0.381 e. The van der Waals surface area contributed by atoms with Crippen molar-refractivity contribution in [1.82, 2.24) is 4.98 Å². The lowest BCUT2D eigenvalue weighted by atomic mass is 10.1. The first-order chi connectivity index (χ1) is 7.27. The molecule has 2 rings (SSSR count). The van der Waals surface area contributed by atoms with Crippen LogP contribution in [0.4, 0.5) is 5.82 Å². The normalized spacial score (nSPS) is 17.7. The highest BCUT2D eigenvalue weighted by molar-refractivity contribution is 9.10. The maximum absolute atomic E-state index is 5.32. The highest BCUT2D eigenvalue weighted by Crippen LogP contribution is 2.25. The molecule has 0 spiro atoms. The third kappa shape index (κ3) is 2.69. The molecule has 1 aliphatic heterocycles. The van der Waals surface area contributed by atoms with Crippen LogP contribution in [0.15, 0.2) is 16.7 Å². The van der Waals surface area contributed by atoms with Gasteiger partial charge in [0.1, 0.15) is 5.82 Å². The minimum atomic E-state index is 0.490. The van der Waals surface area contributed by atoms with Crippen LogP contribution in [-0.2, 0) is 4.74 Å². The molecule has 1 N–H and O–H groups in total. The highest BCUT2D eigenvalue weighted by atomic mass is 79.9. The summed E-state index contributed by atoms with van der Waals surface area (Å²) in [6, 6.07) is 2.49. The van der Waals surface area contributed by atoms with Gasteiger partial charge in [0.05, 0.1) is 4.47 Å². The first-order valence-corrected chi connectivity index (χ1v) is 6.02. The molecule has 0 bridgehead atoms. The molecule has 0 unspecified atom stereocenters. The summed E-state index contributed by atoms with van der Waals surface area (Å²) in [5.41, 5.74) is 1.21. The van der Waals surface area contributed by atoms with E-state index in [0.717, 1.165) is 36.3 Å². The highest BCUT2D eigenvalue weighted by Gasteiger charge is 2.15. The van der Waals surface area contributed by atoms with Gasteiger partial charge in [-0.05, 0) is 47.3 Å². The Morgan fingerprint density at radius 2 is 2.20 bits per heavy atom. The predicted octanol–water partition coefficient (Wildman–Crippen LogP) is 2.74. The molecule has 3 nitrogen and oxygen atoms in total. The van der Waals surface area contributed by atoms with Crippen molar-refractivity contribution in [1.29, 1.82) is 0 Å². The van der Waals surface area contributed by atoms with Crippen molar-refractivity contribution in [3.63, 3.8) is 0 Å². The third-order valence-electron chi connectivity index (χ3n) is 2.64. The second kappa shape index (κ2) is 4.94. The quantitative estimate of drug-likeness (QED) is 0.898. The van der Waals surface area contributed by atoms with Gasteiger partial charge in [0.15, 0.2) is 0 Å². The van der Waals surface area contributed by atoms with Crippen LogP contribution in [0, 0.1) is 6.92 Å². The van der Waals surface area contributed by atoms with Gasteiger partial charge in [0, 0.05) is 25.5 Å². The summed E-state index contributed by atoms with van der Waals surface area (Å²) in [5.74, 6) is 0.946. The Kier molecular flexibility index (Phi) is 3.59. The summed E-state index contributed by atoms with van der Waals surface area (Å²) in [5, 5.41) is 3.45. The fourth-order valence-electron chi connectivity index (χ4n) is 1.68. The van der Waals surface area contributed by atoms with Crippen molar-refractivity contribution < 1.29 is 4.74 Å². The molecule has 0 aliphatic carbocycles. The van der Waals surface area contributed by atoms with Crippen LogP contribution in [0.25, 0.3) is 0 Å². The van der Waals surface area contributed by atoms with Gasteiger partial charge >= 0.3 is 0 Å². The van der Waals surface area contributed by atoms with E-state index in [1.165, 1.54) is 5.56 Å². The minimum absolute atomic E-state index is 0.490.